The normalized spacial score (nSPS) is 14.0. The molecule has 3 aromatic heterocycles. The Kier molecular flexibility index (Phi) is 4.87. The molecule has 1 saturated heterocycles. The number of amides is 1. The van der Waals surface area contributed by atoms with Gasteiger partial charge in [-0.25, -0.2) is 24.5 Å². The van der Waals surface area contributed by atoms with Gasteiger partial charge in [-0.1, -0.05) is 12.1 Å². The lowest BCUT2D eigenvalue weighted by atomic mass is 10.1. The van der Waals surface area contributed by atoms with Crippen LogP contribution in [0.1, 0.15) is 29.6 Å². The number of fused-ring (bicyclic) bond motifs is 1. The molecule has 4 heterocycles. The number of hydrogen-bond acceptors (Lipinski definition) is 8. The number of rotatable bonds is 5. The zero-order valence-electron chi connectivity index (χ0n) is 16.8. The summed E-state index contributed by atoms with van der Waals surface area (Å²) >= 11 is 0. The number of nitrogens with two attached hydrogens (primary N) is 1. The molecular formula is C21H21N9O. The molecule has 5 rings (SSSR count). The van der Waals surface area contributed by atoms with Crippen molar-refractivity contribution in [2.45, 2.75) is 19.3 Å². The quantitative estimate of drug-likeness (QED) is 0.509. The van der Waals surface area contributed by atoms with Gasteiger partial charge in [-0.3, -0.25) is 4.79 Å². The Bertz CT molecular complexity index is 1210. The van der Waals surface area contributed by atoms with Crippen LogP contribution in [0.4, 0.5) is 17.5 Å². The van der Waals surface area contributed by atoms with E-state index in [0.717, 1.165) is 36.0 Å². The summed E-state index contributed by atoms with van der Waals surface area (Å²) in [6.07, 6.45) is 10.3. The molecule has 10 heteroatoms. The van der Waals surface area contributed by atoms with E-state index >= 15 is 0 Å². The fourth-order valence-electron chi connectivity index (χ4n) is 3.69. The zero-order valence-corrected chi connectivity index (χ0v) is 16.8. The highest BCUT2D eigenvalue weighted by Crippen LogP contribution is 2.25. The van der Waals surface area contributed by atoms with Crippen LogP contribution >= 0.6 is 0 Å². The number of hydrogen-bond donors (Lipinski definition) is 2. The van der Waals surface area contributed by atoms with Crippen molar-refractivity contribution in [1.82, 2.24) is 29.5 Å². The fraction of sp³-hybridized carbons (Fsp3) is 0.238. The third-order valence-electron chi connectivity index (χ3n) is 5.31. The molecule has 1 aliphatic rings. The van der Waals surface area contributed by atoms with Crippen molar-refractivity contribution in [3.05, 3.63) is 54.7 Å². The van der Waals surface area contributed by atoms with Crippen molar-refractivity contribution in [2.75, 3.05) is 23.3 Å². The van der Waals surface area contributed by atoms with E-state index in [-0.39, 0.29) is 0 Å². The van der Waals surface area contributed by atoms with Crippen LogP contribution in [0.3, 0.4) is 0 Å². The summed E-state index contributed by atoms with van der Waals surface area (Å²) in [4.78, 5) is 31.4. The molecule has 1 aliphatic heterocycles. The summed E-state index contributed by atoms with van der Waals surface area (Å²) in [6.45, 7) is 1.99. The van der Waals surface area contributed by atoms with Gasteiger partial charge in [0.25, 0.3) is 0 Å². The summed E-state index contributed by atoms with van der Waals surface area (Å²) < 4.78 is 1.69. The summed E-state index contributed by atoms with van der Waals surface area (Å²) in [5, 5.41) is 7.55. The van der Waals surface area contributed by atoms with E-state index < -0.39 is 5.91 Å². The van der Waals surface area contributed by atoms with E-state index in [1.54, 1.807) is 47.4 Å². The number of nitrogens with zero attached hydrogens (tertiary/aromatic N) is 7. The van der Waals surface area contributed by atoms with Gasteiger partial charge >= 0.3 is 0 Å². The topological polar surface area (TPSA) is 127 Å². The van der Waals surface area contributed by atoms with Crippen molar-refractivity contribution in [3.8, 4) is 11.3 Å². The molecule has 0 unspecified atom stereocenters. The van der Waals surface area contributed by atoms with E-state index in [0.29, 0.717) is 17.0 Å². The monoisotopic (exact) mass is 415 g/mol. The number of carbonyl (C=O) groups excluding carboxylic acids is 1. The van der Waals surface area contributed by atoms with Crippen LogP contribution in [0.2, 0.25) is 0 Å². The van der Waals surface area contributed by atoms with Gasteiger partial charge in [-0.2, -0.15) is 5.10 Å². The Morgan fingerprint density at radius 2 is 1.68 bits per heavy atom. The average molecular weight is 415 g/mol. The van der Waals surface area contributed by atoms with Crippen LogP contribution in [0.15, 0.2) is 49.2 Å². The first-order valence-corrected chi connectivity index (χ1v) is 10.1. The molecular weight excluding hydrogens is 394 g/mol. The molecule has 0 saturated carbocycles. The second-order valence-electron chi connectivity index (χ2n) is 7.37. The minimum atomic E-state index is -0.469. The van der Waals surface area contributed by atoms with Crippen LogP contribution < -0.4 is 16.0 Å². The van der Waals surface area contributed by atoms with E-state index in [1.165, 1.54) is 25.6 Å². The maximum Gasteiger partial charge on any atom is 0.248 e. The maximum atomic E-state index is 11.3. The number of primary amides is 1. The predicted molar refractivity (Wildman–Crippen MR) is 116 cm³/mol. The first-order chi connectivity index (χ1) is 15.2. The van der Waals surface area contributed by atoms with Crippen molar-refractivity contribution in [2.24, 2.45) is 5.73 Å². The summed E-state index contributed by atoms with van der Waals surface area (Å²) in [7, 11) is 0. The molecule has 0 aliphatic carbocycles. The van der Waals surface area contributed by atoms with Crippen molar-refractivity contribution >= 4 is 29.0 Å². The number of benzene rings is 1. The van der Waals surface area contributed by atoms with Gasteiger partial charge in [0.1, 0.15) is 6.33 Å². The molecule has 1 aromatic carbocycles. The standard InChI is InChI=1S/C21H21N9O/c22-18(31)15-6-4-14(5-7-15)17-12-23-19(20-26-13-27-30(17)20)28-16-10-24-21(25-11-16)29-8-2-1-3-9-29/h4-7,10-13H,1-3,8-9H2,(H2,22,31)(H,23,28). The molecule has 31 heavy (non-hydrogen) atoms. The van der Waals surface area contributed by atoms with Gasteiger partial charge in [0, 0.05) is 24.2 Å². The highest BCUT2D eigenvalue weighted by Gasteiger charge is 2.15. The summed E-state index contributed by atoms with van der Waals surface area (Å²) in [6, 6.07) is 6.96. The van der Waals surface area contributed by atoms with Gasteiger partial charge in [0.05, 0.1) is 30.0 Å². The molecule has 0 bridgehead atoms. The SMILES string of the molecule is NC(=O)c1ccc(-c2cnc(Nc3cnc(N4CCCCC4)nc3)c3ncnn23)cc1. The van der Waals surface area contributed by atoms with Gasteiger partial charge in [-0.05, 0) is 31.4 Å². The Morgan fingerprint density at radius 1 is 0.935 bits per heavy atom. The molecule has 0 spiro atoms. The number of aromatic nitrogens is 6. The van der Waals surface area contributed by atoms with E-state index in [9.17, 15) is 4.79 Å². The Hall–Kier alpha value is -4.08. The van der Waals surface area contributed by atoms with Crippen molar-refractivity contribution < 1.29 is 4.79 Å². The number of nitrogens with one attached hydrogen (secondary N) is 1. The molecule has 0 atom stereocenters. The minimum Gasteiger partial charge on any atom is -0.366 e. The van der Waals surface area contributed by atoms with Crippen molar-refractivity contribution in [1.29, 1.82) is 0 Å². The van der Waals surface area contributed by atoms with Crippen LogP contribution in [0.25, 0.3) is 16.9 Å². The predicted octanol–water partition coefficient (Wildman–Crippen LogP) is 2.41. The maximum absolute atomic E-state index is 11.3. The molecule has 0 radical (unpaired) electrons. The molecule has 156 valence electrons. The first-order valence-electron chi connectivity index (χ1n) is 10.1. The van der Waals surface area contributed by atoms with Crippen LogP contribution in [-0.2, 0) is 0 Å². The largest absolute Gasteiger partial charge is 0.366 e. The van der Waals surface area contributed by atoms with Crippen LogP contribution in [-0.4, -0.2) is 48.5 Å². The lowest BCUT2D eigenvalue weighted by Gasteiger charge is -2.26. The minimum absolute atomic E-state index is 0.442. The van der Waals surface area contributed by atoms with Crippen LogP contribution in [0, 0.1) is 0 Å². The van der Waals surface area contributed by atoms with Crippen molar-refractivity contribution in [3.63, 3.8) is 0 Å². The van der Waals surface area contributed by atoms with E-state index in [2.05, 4.69) is 35.3 Å². The molecule has 4 aromatic rings. The van der Waals surface area contributed by atoms with Crippen LogP contribution in [0.5, 0.6) is 0 Å². The Labute approximate surface area is 178 Å². The molecule has 3 N–H and O–H groups in total. The molecule has 1 amide bonds. The highest BCUT2D eigenvalue weighted by atomic mass is 16.1. The second-order valence-corrected chi connectivity index (χ2v) is 7.37. The molecule has 1 fully saturated rings. The van der Waals surface area contributed by atoms with Gasteiger partial charge in [0.2, 0.25) is 11.9 Å². The Balaban J connectivity index is 1.40. The number of piperidine rings is 1. The molecule has 10 nitrogen and oxygen atoms in total. The Morgan fingerprint density at radius 3 is 2.39 bits per heavy atom. The summed E-state index contributed by atoms with van der Waals surface area (Å²) in [5.41, 5.74) is 8.63. The first kappa shape index (κ1) is 18.9. The van der Waals surface area contributed by atoms with Gasteiger partial charge in [0.15, 0.2) is 11.5 Å². The average Bonchev–Trinajstić information content (AvgIpc) is 3.31. The lowest BCUT2D eigenvalue weighted by Crippen LogP contribution is -2.30. The third kappa shape index (κ3) is 3.75. The second kappa shape index (κ2) is 7.98. The smallest absolute Gasteiger partial charge is 0.248 e. The van der Waals surface area contributed by atoms with Gasteiger partial charge in [-0.15, -0.1) is 0 Å². The number of anilines is 3. The zero-order chi connectivity index (χ0) is 21.2. The van der Waals surface area contributed by atoms with E-state index in [1.807, 2.05) is 0 Å². The van der Waals surface area contributed by atoms with E-state index in [4.69, 9.17) is 5.73 Å². The van der Waals surface area contributed by atoms with Gasteiger partial charge < -0.3 is 16.0 Å². The highest BCUT2D eigenvalue weighted by molar-refractivity contribution is 5.93. The third-order valence-corrected chi connectivity index (χ3v) is 5.31. The fourth-order valence-corrected chi connectivity index (χ4v) is 3.69. The summed E-state index contributed by atoms with van der Waals surface area (Å²) in [5.74, 6) is 0.827. The lowest BCUT2D eigenvalue weighted by molar-refractivity contribution is 0.100. The number of carbonyl (C=O) groups is 1.